The summed E-state index contributed by atoms with van der Waals surface area (Å²) in [6.07, 6.45) is -0.120. The summed E-state index contributed by atoms with van der Waals surface area (Å²) >= 11 is 0. The quantitative estimate of drug-likeness (QED) is 0.616. The average Bonchev–Trinajstić information content (AvgIpc) is 2.59. The van der Waals surface area contributed by atoms with E-state index in [0.29, 0.717) is 19.6 Å². The molecule has 0 aliphatic carbocycles. The number of nitrogens with zero attached hydrogens (tertiary/aromatic N) is 4. The number of anilines is 3. The molecular weight excluding hydrogens is 336 g/mol. The lowest BCUT2D eigenvalue weighted by Gasteiger charge is -2.35. The summed E-state index contributed by atoms with van der Waals surface area (Å²) in [7, 11) is 0. The topological polar surface area (TPSA) is 119 Å². The Morgan fingerprint density at radius 3 is 2.54 bits per heavy atom. The van der Waals surface area contributed by atoms with Gasteiger partial charge in [0.1, 0.15) is 0 Å². The molecular formula is C17H22N6O3. The molecule has 2 aromatic rings. The van der Waals surface area contributed by atoms with E-state index in [0.717, 1.165) is 5.56 Å². The molecule has 3 rings (SSSR count). The van der Waals surface area contributed by atoms with Crippen molar-refractivity contribution in [2.24, 2.45) is 0 Å². The fourth-order valence-corrected chi connectivity index (χ4v) is 3.06. The second kappa shape index (κ2) is 7.52. The van der Waals surface area contributed by atoms with Crippen LogP contribution >= 0.6 is 0 Å². The minimum absolute atomic E-state index is 0.0599. The van der Waals surface area contributed by atoms with Crippen LogP contribution in [0.3, 0.4) is 0 Å². The third kappa shape index (κ3) is 3.99. The third-order valence-corrected chi connectivity index (χ3v) is 4.09. The molecule has 26 heavy (non-hydrogen) atoms. The molecule has 3 N–H and O–H groups in total. The summed E-state index contributed by atoms with van der Waals surface area (Å²) in [5, 5.41) is 14.6. The number of hydrogen-bond acceptors (Lipinski definition) is 8. The Morgan fingerprint density at radius 1 is 1.27 bits per heavy atom. The maximum Gasteiger partial charge on any atom is 0.353 e. The average molecular weight is 358 g/mol. The summed E-state index contributed by atoms with van der Waals surface area (Å²) in [5.41, 5.74) is 6.65. The van der Waals surface area contributed by atoms with Gasteiger partial charge in [0.25, 0.3) is 0 Å². The van der Waals surface area contributed by atoms with Gasteiger partial charge in [-0.15, -0.1) is 0 Å². The van der Waals surface area contributed by atoms with Gasteiger partial charge in [-0.1, -0.05) is 30.3 Å². The van der Waals surface area contributed by atoms with Crippen molar-refractivity contribution in [3.63, 3.8) is 0 Å². The van der Waals surface area contributed by atoms with E-state index < -0.39 is 4.92 Å². The van der Waals surface area contributed by atoms with Gasteiger partial charge in [0.05, 0.1) is 17.1 Å². The predicted molar refractivity (Wildman–Crippen MR) is 99.1 cm³/mol. The molecule has 9 nitrogen and oxygen atoms in total. The fraction of sp³-hybridized carbons (Fsp3) is 0.412. The summed E-state index contributed by atoms with van der Waals surface area (Å²) in [6.45, 7) is 5.34. The Hall–Kier alpha value is -2.94. The van der Waals surface area contributed by atoms with Gasteiger partial charge in [0.2, 0.25) is 17.6 Å². The number of ether oxygens (including phenoxy) is 1. The monoisotopic (exact) mass is 358 g/mol. The van der Waals surface area contributed by atoms with E-state index in [9.17, 15) is 10.1 Å². The van der Waals surface area contributed by atoms with Crippen LogP contribution in [0.5, 0.6) is 0 Å². The van der Waals surface area contributed by atoms with Crippen molar-refractivity contribution in [1.29, 1.82) is 0 Å². The lowest BCUT2D eigenvalue weighted by molar-refractivity contribution is -0.383. The first-order chi connectivity index (χ1) is 12.4. The van der Waals surface area contributed by atoms with Gasteiger partial charge in [-0.3, -0.25) is 10.1 Å². The Bertz CT molecular complexity index is 776. The molecule has 138 valence electrons. The Morgan fingerprint density at radius 2 is 1.92 bits per heavy atom. The molecule has 0 amide bonds. The molecule has 1 aromatic heterocycles. The van der Waals surface area contributed by atoms with Gasteiger partial charge in [-0.25, -0.2) is 0 Å². The SMILES string of the molecule is C[C@@H]1CN(c2nc(NCc3ccccc3)nc(N)c2[N+](=O)[O-])C[C@H](C)O1. The van der Waals surface area contributed by atoms with Crippen LogP contribution < -0.4 is 16.0 Å². The predicted octanol–water partition coefficient (Wildman–Crippen LogP) is 2.19. The largest absolute Gasteiger partial charge is 0.378 e. The third-order valence-electron chi connectivity index (χ3n) is 4.09. The molecule has 0 bridgehead atoms. The zero-order chi connectivity index (χ0) is 18.7. The zero-order valence-corrected chi connectivity index (χ0v) is 14.8. The van der Waals surface area contributed by atoms with Crippen molar-refractivity contribution in [2.45, 2.75) is 32.6 Å². The van der Waals surface area contributed by atoms with Crippen molar-refractivity contribution in [2.75, 3.05) is 29.0 Å². The van der Waals surface area contributed by atoms with Gasteiger partial charge in [0.15, 0.2) is 0 Å². The molecule has 1 aliphatic rings. The summed E-state index contributed by atoms with van der Waals surface area (Å²) in [4.78, 5) is 21.3. The fourth-order valence-electron chi connectivity index (χ4n) is 3.06. The van der Waals surface area contributed by atoms with Gasteiger partial charge in [-0.2, -0.15) is 9.97 Å². The molecule has 0 radical (unpaired) electrons. The van der Waals surface area contributed by atoms with Crippen LogP contribution in [0.15, 0.2) is 30.3 Å². The first-order valence-electron chi connectivity index (χ1n) is 8.44. The number of aromatic nitrogens is 2. The van der Waals surface area contributed by atoms with E-state index in [1.165, 1.54) is 0 Å². The molecule has 1 fully saturated rings. The molecule has 2 atom stereocenters. The van der Waals surface area contributed by atoms with E-state index in [2.05, 4.69) is 15.3 Å². The van der Waals surface area contributed by atoms with E-state index in [1.54, 1.807) is 0 Å². The maximum absolute atomic E-state index is 11.5. The van der Waals surface area contributed by atoms with Crippen LogP contribution in [0.1, 0.15) is 19.4 Å². The lowest BCUT2D eigenvalue weighted by atomic mass is 10.2. The highest BCUT2D eigenvalue weighted by Crippen LogP contribution is 2.33. The molecule has 1 aromatic carbocycles. The van der Waals surface area contributed by atoms with E-state index in [4.69, 9.17) is 10.5 Å². The number of hydrogen-bond donors (Lipinski definition) is 2. The lowest BCUT2D eigenvalue weighted by Crippen LogP contribution is -2.46. The second-order valence-corrected chi connectivity index (χ2v) is 6.36. The molecule has 9 heteroatoms. The van der Waals surface area contributed by atoms with E-state index in [1.807, 2.05) is 49.1 Å². The molecule has 1 aliphatic heterocycles. The van der Waals surface area contributed by atoms with Crippen molar-refractivity contribution >= 4 is 23.3 Å². The standard InChI is InChI=1S/C17H22N6O3/c1-11-9-22(10-12(2)26-11)16-14(23(24)25)15(18)20-17(21-16)19-8-13-6-4-3-5-7-13/h3-7,11-12H,8-10H2,1-2H3,(H3,18,19,20,21)/t11-,12+. The number of nitrogen functional groups attached to an aromatic ring is 1. The highest BCUT2D eigenvalue weighted by molar-refractivity contribution is 5.71. The van der Waals surface area contributed by atoms with E-state index >= 15 is 0 Å². The Balaban J connectivity index is 1.90. The van der Waals surface area contributed by atoms with E-state index in [-0.39, 0.29) is 35.5 Å². The summed E-state index contributed by atoms with van der Waals surface area (Å²) in [5.74, 6) is 0.334. The molecule has 1 saturated heterocycles. The van der Waals surface area contributed by atoms with Crippen molar-refractivity contribution in [3.8, 4) is 0 Å². The number of nitro groups is 1. The van der Waals surface area contributed by atoms with Crippen LogP contribution in [0.2, 0.25) is 0 Å². The van der Waals surface area contributed by atoms with Crippen molar-refractivity contribution in [1.82, 2.24) is 9.97 Å². The normalized spacial score (nSPS) is 20.0. The first-order valence-corrected chi connectivity index (χ1v) is 8.44. The molecule has 0 unspecified atom stereocenters. The van der Waals surface area contributed by atoms with Gasteiger partial charge >= 0.3 is 5.69 Å². The van der Waals surface area contributed by atoms with Crippen molar-refractivity contribution in [3.05, 3.63) is 46.0 Å². The van der Waals surface area contributed by atoms with Crippen LogP contribution in [0.4, 0.5) is 23.3 Å². The minimum Gasteiger partial charge on any atom is -0.378 e. The molecule has 0 spiro atoms. The van der Waals surface area contributed by atoms with Crippen molar-refractivity contribution < 1.29 is 9.66 Å². The number of morpholine rings is 1. The molecule has 2 heterocycles. The number of nitrogens with one attached hydrogen (secondary N) is 1. The highest BCUT2D eigenvalue weighted by atomic mass is 16.6. The smallest absolute Gasteiger partial charge is 0.353 e. The minimum atomic E-state index is -0.531. The summed E-state index contributed by atoms with van der Waals surface area (Å²) < 4.78 is 5.70. The van der Waals surface area contributed by atoms with Crippen LogP contribution in [-0.2, 0) is 11.3 Å². The second-order valence-electron chi connectivity index (χ2n) is 6.36. The number of rotatable bonds is 5. The van der Waals surface area contributed by atoms with Crippen LogP contribution in [0.25, 0.3) is 0 Å². The van der Waals surface area contributed by atoms with Gasteiger partial charge in [0, 0.05) is 19.6 Å². The van der Waals surface area contributed by atoms with Gasteiger partial charge < -0.3 is 20.7 Å². The molecule has 0 saturated carbocycles. The Labute approximate surface area is 151 Å². The summed E-state index contributed by atoms with van der Waals surface area (Å²) in [6, 6.07) is 9.73. The highest BCUT2D eigenvalue weighted by Gasteiger charge is 2.32. The number of benzene rings is 1. The first kappa shape index (κ1) is 17.9. The zero-order valence-electron chi connectivity index (χ0n) is 14.8. The maximum atomic E-state index is 11.5. The van der Waals surface area contributed by atoms with Gasteiger partial charge in [-0.05, 0) is 19.4 Å². The number of nitrogens with two attached hydrogens (primary N) is 1. The Kier molecular flexibility index (Phi) is 5.17. The van der Waals surface area contributed by atoms with Crippen LogP contribution in [-0.4, -0.2) is 40.2 Å². The van der Waals surface area contributed by atoms with Crippen LogP contribution in [0, 0.1) is 10.1 Å².